The fourth-order valence-electron chi connectivity index (χ4n) is 2.50. The predicted molar refractivity (Wildman–Crippen MR) is 99.6 cm³/mol. The van der Waals surface area contributed by atoms with Crippen molar-refractivity contribution in [2.45, 2.75) is 20.5 Å². The number of anilines is 1. The average Bonchev–Trinajstić information content (AvgIpc) is 2.99. The Morgan fingerprint density at radius 2 is 1.89 bits per heavy atom. The molecule has 0 bridgehead atoms. The molecule has 27 heavy (non-hydrogen) atoms. The third-order valence-electron chi connectivity index (χ3n) is 3.85. The number of amides is 1. The van der Waals surface area contributed by atoms with Crippen LogP contribution in [0.1, 0.15) is 21.7 Å². The minimum Gasteiger partial charge on any atom is -0.435 e. The third-order valence-corrected chi connectivity index (χ3v) is 4.35. The lowest BCUT2D eigenvalue weighted by molar-refractivity contribution is -0.0498. The summed E-state index contributed by atoms with van der Waals surface area (Å²) < 4.78 is 31.2. The molecule has 9 heteroatoms. The van der Waals surface area contributed by atoms with E-state index in [1.165, 1.54) is 16.8 Å². The summed E-state index contributed by atoms with van der Waals surface area (Å²) >= 11 is 3.38. The van der Waals surface area contributed by atoms with Gasteiger partial charge in [-0.2, -0.15) is 8.78 Å². The van der Waals surface area contributed by atoms with E-state index in [2.05, 4.69) is 36.3 Å². The first kappa shape index (κ1) is 19.0. The molecule has 0 aliphatic carbocycles. The number of alkyl halides is 2. The van der Waals surface area contributed by atoms with Crippen LogP contribution in [-0.4, -0.2) is 27.5 Å². The summed E-state index contributed by atoms with van der Waals surface area (Å²) in [5, 5.41) is 10.7. The molecule has 0 saturated carbocycles. The normalized spacial score (nSPS) is 10.9. The minimum atomic E-state index is -2.89. The van der Waals surface area contributed by atoms with Gasteiger partial charge in [0.15, 0.2) is 5.69 Å². The zero-order valence-electron chi connectivity index (χ0n) is 14.4. The molecule has 2 aromatic carbocycles. The number of nitrogens with one attached hydrogen (secondary N) is 1. The lowest BCUT2D eigenvalue weighted by Gasteiger charge is -2.08. The van der Waals surface area contributed by atoms with Gasteiger partial charge in [-0.3, -0.25) is 4.79 Å². The molecule has 0 unspecified atom stereocenters. The Morgan fingerprint density at radius 1 is 1.19 bits per heavy atom. The van der Waals surface area contributed by atoms with E-state index in [0.717, 1.165) is 10.0 Å². The first-order chi connectivity index (χ1) is 12.8. The van der Waals surface area contributed by atoms with Crippen molar-refractivity contribution in [2.75, 3.05) is 5.32 Å². The highest BCUT2D eigenvalue weighted by Crippen LogP contribution is 2.22. The highest BCUT2D eigenvalue weighted by atomic mass is 79.9. The Labute approximate surface area is 162 Å². The summed E-state index contributed by atoms with van der Waals surface area (Å²) in [6.07, 6.45) is 0. The van der Waals surface area contributed by atoms with E-state index in [1.807, 2.05) is 19.1 Å². The number of hydrogen-bond acceptors (Lipinski definition) is 4. The second-order valence-electron chi connectivity index (χ2n) is 5.72. The Balaban J connectivity index is 1.81. The maximum absolute atomic E-state index is 12.6. The maximum Gasteiger partial charge on any atom is 0.387 e. The van der Waals surface area contributed by atoms with E-state index in [0.29, 0.717) is 17.1 Å². The van der Waals surface area contributed by atoms with Gasteiger partial charge in [0, 0.05) is 10.2 Å². The summed E-state index contributed by atoms with van der Waals surface area (Å²) in [5.74, 6) is -0.350. The van der Waals surface area contributed by atoms with Gasteiger partial charge in [-0.25, -0.2) is 4.68 Å². The molecule has 1 N–H and O–H groups in total. The van der Waals surface area contributed by atoms with Gasteiger partial charge >= 0.3 is 6.61 Å². The van der Waals surface area contributed by atoms with Crippen molar-refractivity contribution in [1.82, 2.24) is 15.0 Å². The molecule has 1 heterocycles. The Morgan fingerprint density at radius 3 is 2.52 bits per heavy atom. The number of nitrogens with zero attached hydrogens (tertiary/aromatic N) is 3. The van der Waals surface area contributed by atoms with Crippen molar-refractivity contribution < 1.29 is 18.3 Å². The molecule has 0 aliphatic rings. The molecule has 0 fully saturated rings. The molecular formula is C18H15BrF2N4O2. The minimum absolute atomic E-state index is 0.0372. The number of carbonyl (C=O) groups is 1. The summed E-state index contributed by atoms with van der Waals surface area (Å²) in [6.45, 7) is 0.696. The highest BCUT2D eigenvalue weighted by Gasteiger charge is 2.18. The first-order valence-corrected chi connectivity index (χ1v) is 8.69. The van der Waals surface area contributed by atoms with Crippen LogP contribution in [0, 0.1) is 13.8 Å². The third kappa shape index (κ3) is 4.30. The van der Waals surface area contributed by atoms with Gasteiger partial charge in [-0.1, -0.05) is 21.1 Å². The molecule has 1 amide bonds. The van der Waals surface area contributed by atoms with Crippen LogP contribution in [0.5, 0.6) is 5.75 Å². The van der Waals surface area contributed by atoms with Crippen LogP contribution >= 0.6 is 15.9 Å². The number of hydrogen-bond donors (Lipinski definition) is 1. The van der Waals surface area contributed by atoms with Crippen molar-refractivity contribution in [3.63, 3.8) is 0 Å². The molecule has 0 saturated heterocycles. The van der Waals surface area contributed by atoms with Crippen LogP contribution in [0.3, 0.4) is 0 Å². The Hall–Kier alpha value is -2.81. The predicted octanol–water partition coefficient (Wildman–Crippen LogP) is 4.50. The largest absolute Gasteiger partial charge is 0.435 e. The monoisotopic (exact) mass is 436 g/mol. The van der Waals surface area contributed by atoms with Gasteiger partial charge in [0.1, 0.15) is 5.75 Å². The molecule has 6 nitrogen and oxygen atoms in total. The number of halogens is 3. The zero-order valence-corrected chi connectivity index (χ0v) is 16.0. The average molecular weight is 437 g/mol. The molecule has 3 rings (SSSR count). The van der Waals surface area contributed by atoms with Gasteiger partial charge in [-0.15, -0.1) is 5.10 Å². The fraction of sp³-hybridized carbons (Fsp3) is 0.167. The van der Waals surface area contributed by atoms with Crippen LogP contribution in [-0.2, 0) is 0 Å². The Kier molecular flexibility index (Phi) is 5.50. The van der Waals surface area contributed by atoms with E-state index >= 15 is 0 Å². The van der Waals surface area contributed by atoms with Crippen molar-refractivity contribution in [2.24, 2.45) is 0 Å². The van der Waals surface area contributed by atoms with E-state index < -0.39 is 6.61 Å². The second-order valence-corrected chi connectivity index (χ2v) is 6.64. The van der Waals surface area contributed by atoms with Gasteiger partial charge in [0.2, 0.25) is 0 Å². The fourth-order valence-corrected chi connectivity index (χ4v) is 2.98. The van der Waals surface area contributed by atoms with Crippen molar-refractivity contribution in [1.29, 1.82) is 0 Å². The molecule has 0 spiro atoms. The molecular weight excluding hydrogens is 422 g/mol. The highest BCUT2D eigenvalue weighted by molar-refractivity contribution is 9.10. The quantitative estimate of drug-likeness (QED) is 0.639. The number of rotatable bonds is 5. The summed E-state index contributed by atoms with van der Waals surface area (Å²) in [6, 6.07) is 11.4. The zero-order chi connectivity index (χ0) is 19.6. The first-order valence-electron chi connectivity index (χ1n) is 7.90. The Bertz CT molecular complexity index is 974. The lowest BCUT2D eigenvalue weighted by atomic mass is 10.2. The van der Waals surface area contributed by atoms with E-state index in [-0.39, 0.29) is 17.4 Å². The van der Waals surface area contributed by atoms with E-state index in [1.54, 1.807) is 25.1 Å². The molecule has 0 radical (unpaired) electrons. The molecule has 1 aromatic heterocycles. The van der Waals surface area contributed by atoms with Crippen molar-refractivity contribution in [3.8, 4) is 11.4 Å². The standard InChI is InChI=1S/C18H15BrF2N4O2/c1-10-9-12(19)3-8-15(10)22-17(26)16-11(2)25(24-23-16)13-4-6-14(7-5-13)27-18(20)21/h3-9,18H,1-2H3,(H,22,26). The molecule has 0 atom stereocenters. The SMILES string of the molecule is Cc1cc(Br)ccc1NC(=O)c1nnn(-c2ccc(OC(F)F)cc2)c1C. The summed E-state index contributed by atoms with van der Waals surface area (Å²) in [5.41, 5.74) is 2.83. The smallest absolute Gasteiger partial charge is 0.387 e. The van der Waals surface area contributed by atoms with E-state index in [9.17, 15) is 13.6 Å². The maximum atomic E-state index is 12.6. The van der Waals surface area contributed by atoms with Crippen LogP contribution in [0.15, 0.2) is 46.9 Å². The van der Waals surface area contributed by atoms with Gasteiger partial charge in [-0.05, 0) is 61.9 Å². The van der Waals surface area contributed by atoms with Crippen molar-refractivity contribution in [3.05, 3.63) is 63.9 Å². The number of aryl methyl sites for hydroxylation is 1. The molecule has 3 aromatic rings. The van der Waals surface area contributed by atoms with Gasteiger partial charge in [0.25, 0.3) is 5.91 Å². The van der Waals surface area contributed by atoms with Crippen LogP contribution in [0.4, 0.5) is 14.5 Å². The summed E-state index contributed by atoms with van der Waals surface area (Å²) in [7, 11) is 0. The van der Waals surface area contributed by atoms with Crippen molar-refractivity contribution >= 4 is 27.5 Å². The number of ether oxygens (including phenoxy) is 1. The van der Waals surface area contributed by atoms with Crippen LogP contribution in [0.2, 0.25) is 0 Å². The van der Waals surface area contributed by atoms with Crippen LogP contribution in [0.25, 0.3) is 5.69 Å². The van der Waals surface area contributed by atoms with Crippen LogP contribution < -0.4 is 10.1 Å². The van der Waals surface area contributed by atoms with Gasteiger partial charge in [0.05, 0.1) is 11.4 Å². The number of benzene rings is 2. The second kappa shape index (κ2) is 7.83. The topological polar surface area (TPSA) is 69.0 Å². The number of carbonyl (C=O) groups excluding carboxylic acids is 1. The molecule has 0 aliphatic heterocycles. The lowest BCUT2D eigenvalue weighted by Crippen LogP contribution is -2.15. The molecule has 140 valence electrons. The van der Waals surface area contributed by atoms with E-state index in [4.69, 9.17) is 0 Å². The summed E-state index contributed by atoms with van der Waals surface area (Å²) in [4.78, 5) is 12.6. The number of aromatic nitrogens is 3. The van der Waals surface area contributed by atoms with Gasteiger partial charge < -0.3 is 10.1 Å².